The summed E-state index contributed by atoms with van der Waals surface area (Å²) in [7, 11) is 0. The van der Waals surface area contributed by atoms with E-state index >= 15 is 0 Å². The largest absolute Gasteiger partial charge is 0.409 e. The van der Waals surface area contributed by atoms with Gasteiger partial charge in [-0.1, -0.05) is 11.2 Å². The van der Waals surface area contributed by atoms with Gasteiger partial charge in [0.15, 0.2) is 0 Å². The fourth-order valence-corrected chi connectivity index (χ4v) is 2.43. The number of likely N-dealkylation sites (tertiary alicyclic amines) is 1. The predicted octanol–water partition coefficient (Wildman–Crippen LogP) is 1.92. The smallest absolute Gasteiger partial charge is 0.143 e. The second-order valence-electron chi connectivity index (χ2n) is 4.80. The molecule has 0 spiro atoms. The number of nitrogens with two attached hydrogens (primary N) is 1. The molecule has 0 aromatic heterocycles. The van der Waals surface area contributed by atoms with E-state index in [1.807, 2.05) is 4.90 Å². The number of hydrogen-bond donors (Lipinski definition) is 2. The molecule has 1 aliphatic heterocycles. The third kappa shape index (κ3) is 3.20. The maximum absolute atomic E-state index is 13.6. The lowest BCUT2D eigenvalue weighted by Gasteiger charge is -2.32. The van der Waals surface area contributed by atoms with Crippen LogP contribution in [0.2, 0.25) is 0 Å². The van der Waals surface area contributed by atoms with Crippen LogP contribution < -0.4 is 5.73 Å². The van der Waals surface area contributed by atoms with E-state index in [0.29, 0.717) is 6.54 Å². The fourth-order valence-electron chi connectivity index (χ4n) is 2.43. The minimum atomic E-state index is -0.536. The van der Waals surface area contributed by atoms with Crippen LogP contribution in [0, 0.1) is 17.6 Å². The van der Waals surface area contributed by atoms with Gasteiger partial charge in [-0.3, -0.25) is 4.90 Å². The molecule has 0 amide bonds. The monoisotopic (exact) mass is 269 g/mol. The molecule has 1 aromatic rings. The molecule has 6 heteroatoms. The summed E-state index contributed by atoms with van der Waals surface area (Å²) in [4.78, 5) is 1.92. The molecular weight excluding hydrogens is 252 g/mol. The Balaban J connectivity index is 2.07. The first kappa shape index (κ1) is 13.7. The van der Waals surface area contributed by atoms with Crippen LogP contribution in [0.25, 0.3) is 0 Å². The Morgan fingerprint density at radius 3 is 2.74 bits per heavy atom. The standard InChI is InChI=1S/C13H17F2N3O/c14-11-4-1-5-12(15)10(11)8-18-6-2-3-9(7-18)13(16)17-19/h1,4-5,9,19H,2-3,6-8H2,(H2,16,17). The van der Waals surface area contributed by atoms with Crippen LogP contribution >= 0.6 is 0 Å². The Kier molecular flexibility index (Phi) is 4.31. The zero-order valence-electron chi connectivity index (χ0n) is 10.5. The lowest BCUT2D eigenvalue weighted by Crippen LogP contribution is -2.41. The Morgan fingerprint density at radius 2 is 2.11 bits per heavy atom. The van der Waals surface area contributed by atoms with Gasteiger partial charge in [0.1, 0.15) is 17.5 Å². The molecule has 1 atom stereocenters. The van der Waals surface area contributed by atoms with E-state index in [9.17, 15) is 8.78 Å². The van der Waals surface area contributed by atoms with Gasteiger partial charge in [0.25, 0.3) is 0 Å². The number of nitrogens with zero attached hydrogens (tertiary/aromatic N) is 2. The van der Waals surface area contributed by atoms with Gasteiger partial charge in [-0.25, -0.2) is 8.78 Å². The minimum absolute atomic E-state index is 0.0615. The average molecular weight is 269 g/mol. The van der Waals surface area contributed by atoms with E-state index in [-0.39, 0.29) is 23.9 Å². The fraction of sp³-hybridized carbons (Fsp3) is 0.462. The van der Waals surface area contributed by atoms with Gasteiger partial charge in [-0.05, 0) is 31.5 Å². The van der Waals surface area contributed by atoms with Crippen LogP contribution in [0.3, 0.4) is 0 Å². The molecule has 0 saturated carbocycles. The molecule has 0 bridgehead atoms. The summed E-state index contributed by atoms with van der Waals surface area (Å²) in [5.74, 6) is -0.955. The Bertz CT molecular complexity index is 459. The van der Waals surface area contributed by atoms with Gasteiger partial charge < -0.3 is 10.9 Å². The van der Waals surface area contributed by atoms with Crippen molar-refractivity contribution < 1.29 is 14.0 Å². The topological polar surface area (TPSA) is 61.9 Å². The number of benzene rings is 1. The molecular formula is C13H17F2N3O. The molecule has 1 heterocycles. The summed E-state index contributed by atoms with van der Waals surface area (Å²) in [6.45, 7) is 1.50. The van der Waals surface area contributed by atoms with Crippen LogP contribution in [0.1, 0.15) is 18.4 Å². The Labute approximate surface area is 110 Å². The van der Waals surface area contributed by atoms with E-state index in [2.05, 4.69) is 5.16 Å². The van der Waals surface area contributed by atoms with Crippen LogP contribution in [-0.4, -0.2) is 29.0 Å². The van der Waals surface area contributed by atoms with Crippen LogP contribution in [-0.2, 0) is 6.54 Å². The highest BCUT2D eigenvalue weighted by molar-refractivity contribution is 5.82. The van der Waals surface area contributed by atoms with Gasteiger partial charge >= 0.3 is 0 Å². The van der Waals surface area contributed by atoms with Crippen molar-refractivity contribution in [2.45, 2.75) is 19.4 Å². The second-order valence-corrected chi connectivity index (χ2v) is 4.80. The minimum Gasteiger partial charge on any atom is -0.409 e. The molecule has 1 aromatic carbocycles. The van der Waals surface area contributed by atoms with Crippen molar-refractivity contribution in [2.75, 3.05) is 13.1 Å². The van der Waals surface area contributed by atoms with Gasteiger partial charge in [0, 0.05) is 24.6 Å². The summed E-state index contributed by atoms with van der Waals surface area (Å²) in [6.07, 6.45) is 1.68. The quantitative estimate of drug-likeness (QED) is 0.381. The first-order valence-corrected chi connectivity index (χ1v) is 6.24. The molecule has 4 nitrogen and oxygen atoms in total. The third-order valence-electron chi connectivity index (χ3n) is 3.48. The molecule has 104 valence electrons. The number of amidine groups is 1. The first-order chi connectivity index (χ1) is 9.11. The maximum atomic E-state index is 13.6. The zero-order valence-corrected chi connectivity index (χ0v) is 10.5. The number of hydrogen-bond acceptors (Lipinski definition) is 3. The van der Waals surface area contributed by atoms with E-state index in [0.717, 1.165) is 19.4 Å². The summed E-state index contributed by atoms with van der Waals surface area (Å²) >= 11 is 0. The van der Waals surface area contributed by atoms with Crippen molar-refractivity contribution in [1.82, 2.24) is 4.90 Å². The summed E-state index contributed by atoms with van der Waals surface area (Å²) < 4.78 is 27.1. The van der Waals surface area contributed by atoms with E-state index in [1.165, 1.54) is 18.2 Å². The number of oxime groups is 1. The van der Waals surface area contributed by atoms with Gasteiger partial charge in [-0.15, -0.1) is 0 Å². The summed E-state index contributed by atoms with van der Waals surface area (Å²) in [5, 5.41) is 11.7. The molecule has 1 unspecified atom stereocenters. The molecule has 0 radical (unpaired) electrons. The van der Waals surface area contributed by atoms with E-state index < -0.39 is 11.6 Å². The van der Waals surface area contributed by atoms with Crippen molar-refractivity contribution in [2.24, 2.45) is 16.8 Å². The molecule has 2 rings (SSSR count). The van der Waals surface area contributed by atoms with E-state index in [1.54, 1.807) is 0 Å². The zero-order chi connectivity index (χ0) is 13.8. The van der Waals surface area contributed by atoms with Crippen molar-refractivity contribution in [3.8, 4) is 0 Å². The van der Waals surface area contributed by atoms with Crippen LogP contribution in [0.5, 0.6) is 0 Å². The molecule has 19 heavy (non-hydrogen) atoms. The maximum Gasteiger partial charge on any atom is 0.143 e. The molecule has 1 saturated heterocycles. The number of piperidine rings is 1. The SMILES string of the molecule is N/C(=N/O)C1CCCN(Cc2c(F)cccc2F)C1. The summed E-state index contributed by atoms with van der Waals surface area (Å²) in [5.41, 5.74) is 5.66. The lowest BCUT2D eigenvalue weighted by atomic mass is 9.96. The highest BCUT2D eigenvalue weighted by atomic mass is 19.1. The lowest BCUT2D eigenvalue weighted by molar-refractivity contribution is 0.188. The van der Waals surface area contributed by atoms with Gasteiger partial charge in [0.2, 0.25) is 0 Å². The molecule has 0 aliphatic carbocycles. The van der Waals surface area contributed by atoms with E-state index in [4.69, 9.17) is 10.9 Å². The normalized spacial score (nSPS) is 21.6. The third-order valence-corrected chi connectivity index (χ3v) is 3.48. The average Bonchev–Trinajstić information content (AvgIpc) is 2.42. The van der Waals surface area contributed by atoms with Crippen LogP contribution in [0.15, 0.2) is 23.4 Å². The molecule has 1 fully saturated rings. The highest BCUT2D eigenvalue weighted by Crippen LogP contribution is 2.21. The van der Waals surface area contributed by atoms with Crippen molar-refractivity contribution >= 4 is 5.84 Å². The Morgan fingerprint density at radius 1 is 1.42 bits per heavy atom. The van der Waals surface area contributed by atoms with Gasteiger partial charge in [-0.2, -0.15) is 0 Å². The van der Waals surface area contributed by atoms with Crippen molar-refractivity contribution in [3.05, 3.63) is 35.4 Å². The van der Waals surface area contributed by atoms with Gasteiger partial charge in [0.05, 0.1) is 0 Å². The number of rotatable bonds is 3. The highest BCUT2D eigenvalue weighted by Gasteiger charge is 2.24. The van der Waals surface area contributed by atoms with Crippen molar-refractivity contribution in [3.63, 3.8) is 0 Å². The predicted molar refractivity (Wildman–Crippen MR) is 67.8 cm³/mol. The Hall–Kier alpha value is -1.69. The molecule has 1 aliphatic rings. The van der Waals surface area contributed by atoms with Crippen molar-refractivity contribution in [1.29, 1.82) is 0 Å². The second kappa shape index (κ2) is 5.97. The van der Waals surface area contributed by atoms with Crippen LogP contribution in [0.4, 0.5) is 8.78 Å². The first-order valence-electron chi connectivity index (χ1n) is 6.24. The number of halogens is 2. The summed E-state index contributed by atoms with van der Waals surface area (Å²) in [6, 6.07) is 3.86. The molecule has 3 N–H and O–H groups in total.